The Morgan fingerprint density at radius 1 is 1.24 bits per heavy atom. The van der Waals surface area contributed by atoms with Gasteiger partial charge in [-0.05, 0) is 17.5 Å². The first-order valence-electron chi connectivity index (χ1n) is 5.86. The fourth-order valence-electron chi connectivity index (χ4n) is 1.85. The summed E-state index contributed by atoms with van der Waals surface area (Å²) in [6, 6.07) is 7.75. The molecule has 1 aromatic rings. The summed E-state index contributed by atoms with van der Waals surface area (Å²) >= 11 is 0. The normalized spacial score (nSPS) is 14.7. The zero-order valence-electron chi connectivity index (χ0n) is 11.1. The highest BCUT2D eigenvalue weighted by atomic mass is 16.5. The van der Waals surface area contributed by atoms with Crippen LogP contribution in [0.2, 0.25) is 0 Å². The standard InChI is InChI=1S/C14H22O3/c1-11(2)14(15,10-16-3)9-12-7-5-6-8-13(12)17-4/h5-8,11,15H,9-10H2,1-4H3. The second-order valence-electron chi connectivity index (χ2n) is 4.68. The molecule has 1 rings (SSSR count). The highest BCUT2D eigenvalue weighted by molar-refractivity contribution is 5.34. The summed E-state index contributed by atoms with van der Waals surface area (Å²) in [7, 11) is 3.25. The molecule has 0 amide bonds. The van der Waals surface area contributed by atoms with Crippen LogP contribution in [0.3, 0.4) is 0 Å². The van der Waals surface area contributed by atoms with Crippen LogP contribution in [0, 0.1) is 5.92 Å². The van der Waals surface area contributed by atoms with E-state index in [1.807, 2.05) is 38.1 Å². The van der Waals surface area contributed by atoms with Gasteiger partial charge in [0.2, 0.25) is 0 Å². The highest BCUT2D eigenvalue weighted by Crippen LogP contribution is 2.27. The van der Waals surface area contributed by atoms with Crippen molar-refractivity contribution in [2.24, 2.45) is 5.92 Å². The lowest BCUT2D eigenvalue weighted by Gasteiger charge is -2.32. The Hall–Kier alpha value is -1.06. The van der Waals surface area contributed by atoms with Crippen LogP contribution in [0.25, 0.3) is 0 Å². The number of para-hydroxylation sites is 1. The SMILES string of the molecule is COCC(O)(Cc1ccccc1OC)C(C)C. The maximum Gasteiger partial charge on any atom is 0.122 e. The van der Waals surface area contributed by atoms with Gasteiger partial charge in [-0.1, -0.05) is 32.0 Å². The van der Waals surface area contributed by atoms with Crippen LogP contribution in [-0.4, -0.2) is 31.5 Å². The molecule has 0 spiro atoms. The Kier molecular flexibility index (Phi) is 4.97. The summed E-state index contributed by atoms with van der Waals surface area (Å²) < 4.78 is 10.4. The minimum atomic E-state index is -0.858. The first-order valence-corrected chi connectivity index (χ1v) is 5.86. The van der Waals surface area contributed by atoms with Gasteiger partial charge in [0.15, 0.2) is 0 Å². The summed E-state index contributed by atoms with van der Waals surface area (Å²) in [4.78, 5) is 0. The molecule has 96 valence electrons. The quantitative estimate of drug-likeness (QED) is 0.826. The molecule has 1 N–H and O–H groups in total. The summed E-state index contributed by atoms with van der Waals surface area (Å²) in [6.45, 7) is 4.31. The van der Waals surface area contributed by atoms with Crippen LogP contribution in [0.15, 0.2) is 24.3 Å². The average molecular weight is 238 g/mol. The summed E-state index contributed by atoms with van der Waals surface area (Å²) in [5.74, 6) is 0.926. The number of ether oxygens (including phenoxy) is 2. The highest BCUT2D eigenvalue weighted by Gasteiger charge is 2.32. The molecular weight excluding hydrogens is 216 g/mol. The van der Waals surface area contributed by atoms with Crippen molar-refractivity contribution >= 4 is 0 Å². The van der Waals surface area contributed by atoms with Crippen molar-refractivity contribution < 1.29 is 14.6 Å². The Labute approximate surface area is 103 Å². The zero-order chi connectivity index (χ0) is 12.9. The van der Waals surface area contributed by atoms with Gasteiger partial charge in [-0.25, -0.2) is 0 Å². The molecular formula is C14H22O3. The third-order valence-electron chi connectivity index (χ3n) is 3.16. The summed E-state index contributed by atoms with van der Waals surface area (Å²) in [5, 5.41) is 10.6. The van der Waals surface area contributed by atoms with E-state index in [2.05, 4.69) is 0 Å². The number of hydrogen-bond donors (Lipinski definition) is 1. The predicted molar refractivity (Wildman–Crippen MR) is 68.4 cm³/mol. The lowest BCUT2D eigenvalue weighted by molar-refractivity contribution is -0.0639. The molecule has 1 aromatic carbocycles. The predicted octanol–water partition coefficient (Wildman–Crippen LogP) is 2.27. The summed E-state index contributed by atoms with van der Waals surface area (Å²) in [5.41, 5.74) is 0.145. The zero-order valence-corrected chi connectivity index (χ0v) is 11.1. The third kappa shape index (κ3) is 3.45. The van der Waals surface area contributed by atoms with Crippen LogP contribution in [0.5, 0.6) is 5.75 Å². The van der Waals surface area contributed by atoms with Crippen molar-refractivity contribution in [2.75, 3.05) is 20.8 Å². The van der Waals surface area contributed by atoms with Crippen molar-refractivity contribution in [2.45, 2.75) is 25.9 Å². The fraction of sp³-hybridized carbons (Fsp3) is 0.571. The number of hydrogen-bond acceptors (Lipinski definition) is 3. The van der Waals surface area contributed by atoms with Crippen molar-refractivity contribution in [3.8, 4) is 5.75 Å². The van der Waals surface area contributed by atoms with Gasteiger partial charge in [-0.15, -0.1) is 0 Å². The molecule has 3 nitrogen and oxygen atoms in total. The fourth-order valence-corrected chi connectivity index (χ4v) is 1.85. The number of methoxy groups -OCH3 is 2. The lowest BCUT2D eigenvalue weighted by atomic mass is 9.85. The first-order chi connectivity index (χ1) is 8.03. The van der Waals surface area contributed by atoms with Gasteiger partial charge in [0, 0.05) is 13.5 Å². The van der Waals surface area contributed by atoms with E-state index >= 15 is 0 Å². The molecule has 0 saturated carbocycles. The monoisotopic (exact) mass is 238 g/mol. The molecule has 17 heavy (non-hydrogen) atoms. The van der Waals surface area contributed by atoms with Crippen LogP contribution in [0.1, 0.15) is 19.4 Å². The van der Waals surface area contributed by atoms with E-state index in [9.17, 15) is 5.11 Å². The van der Waals surface area contributed by atoms with Gasteiger partial charge in [0.1, 0.15) is 5.75 Å². The second kappa shape index (κ2) is 6.03. The van der Waals surface area contributed by atoms with E-state index in [0.29, 0.717) is 13.0 Å². The molecule has 1 atom stereocenters. The number of rotatable bonds is 6. The van der Waals surface area contributed by atoms with E-state index in [0.717, 1.165) is 11.3 Å². The Morgan fingerprint density at radius 3 is 2.41 bits per heavy atom. The number of aliphatic hydroxyl groups is 1. The largest absolute Gasteiger partial charge is 0.496 e. The van der Waals surface area contributed by atoms with E-state index in [1.54, 1.807) is 14.2 Å². The molecule has 0 aliphatic heterocycles. The van der Waals surface area contributed by atoms with Crippen molar-refractivity contribution in [3.05, 3.63) is 29.8 Å². The molecule has 0 saturated heterocycles. The Morgan fingerprint density at radius 2 is 1.88 bits per heavy atom. The van der Waals surface area contributed by atoms with Crippen LogP contribution < -0.4 is 4.74 Å². The molecule has 0 aliphatic carbocycles. The van der Waals surface area contributed by atoms with E-state index < -0.39 is 5.60 Å². The Bertz CT molecular complexity index is 349. The third-order valence-corrected chi connectivity index (χ3v) is 3.16. The molecule has 3 heteroatoms. The minimum Gasteiger partial charge on any atom is -0.496 e. The smallest absolute Gasteiger partial charge is 0.122 e. The van der Waals surface area contributed by atoms with Crippen molar-refractivity contribution in [1.82, 2.24) is 0 Å². The van der Waals surface area contributed by atoms with E-state index in [1.165, 1.54) is 0 Å². The minimum absolute atomic E-state index is 0.118. The molecule has 0 radical (unpaired) electrons. The van der Waals surface area contributed by atoms with Gasteiger partial charge >= 0.3 is 0 Å². The number of benzene rings is 1. The van der Waals surface area contributed by atoms with Crippen molar-refractivity contribution in [3.63, 3.8) is 0 Å². The maximum atomic E-state index is 10.6. The van der Waals surface area contributed by atoms with Crippen molar-refractivity contribution in [1.29, 1.82) is 0 Å². The Balaban J connectivity index is 2.93. The van der Waals surface area contributed by atoms with Gasteiger partial charge in [0.05, 0.1) is 19.3 Å². The lowest BCUT2D eigenvalue weighted by Crippen LogP contribution is -2.42. The van der Waals surface area contributed by atoms with E-state index in [-0.39, 0.29) is 5.92 Å². The average Bonchev–Trinajstić information content (AvgIpc) is 2.30. The molecule has 1 unspecified atom stereocenters. The molecule has 0 bridgehead atoms. The van der Waals surface area contributed by atoms with Gasteiger partial charge in [-0.3, -0.25) is 0 Å². The van der Waals surface area contributed by atoms with Crippen LogP contribution in [0.4, 0.5) is 0 Å². The first kappa shape index (κ1) is 14.0. The van der Waals surface area contributed by atoms with Gasteiger partial charge in [0.25, 0.3) is 0 Å². The maximum absolute atomic E-state index is 10.6. The van der Waals surface area contributed by atoms with Gasteiger partial charge < -0.3 is 14.6 Å². The molecule has 0 heterocycles. The van der Waals surface area contributed by atoms with Gasteiger partial charge in [-0.2, -0.15) is 0 Å². The molecule has 0 fully saturated rings. The summed E-state index contributed by atoms with van der Waals surface area (Å²) in [6.07, 6.45) is 0.530. The molecule has 0 aliphatic rings. The molecule has 0 aromatic heterocycles. The van der Waals surface area contributed by atoms with Crippen LogP contribution >= 0.6 is 0 Å². The van der Waals surface area contributed by atoms with Crippen LogP contribution in [-0.2, 0) is 11.2 Å². The topological polar surface area (TPSA) is 38.7 Å². The van der Waals surface area contributed by atoms with E-state index in [4.69, 9.17) is 9.47 Å². The second-order valence-corrected chi connectivity index (χ2v) is 4.68.